The summed E-state index contributed by atoms with van der Waals surface area (Å²) in [4.78, 5) is 0.414. The van der Waals surface area contributed by atoms with E-state index in [-0.39, 0.29) is 0 Å². The molecule has 0 spiro atoms. The maximum Gasteiger partial charge on any atom is 0.243 e. The summed E-state index contributed by atoms with van der Waals surface area (Å²) in [5.41, 5.74) is 0.953. The zero-order valence-corrected chi connectivity index (χ0v) is 15.2. The average molecular weight is 374 g/mol. The molecule has 1 heterocycles. The molecule has 0 aliphatic carbocycles. The van der Waals surface area contributed by atoms with Crippen molar-refractivity contribution in [1.82, 2.24) is 4.31 Å². The van der Waals surface area contributed by atoms with Gasteiger partial charge in [0.1, 0.15) is 0 Å². The summed E-state index contributed by atoms with van der Waals surface area (Å²) in [5.74, 6) is 0.682. The second kappa shape index (κ2) is 7.25. The van der Waals surface area contributed by atoms with Gasteiger partial charge in [0.25, 0.3) is 0 Å². The molecule has 1 aromatic carbocycles. The quantitative estimate of drug-likeness (QED) is 0.786. The normalized spacial score (nSPS) is 21.2. The first-order valence-corrected chi connectivity index (χ1v) is 9.94. The fourth-order valence-electron chi connectivity index (χ4n) is 3.00. The van der Waals surface area contributed by atoms with Crippen LogP contribution in [0, 0.1) is 12.8 Å². The first-order valence-electron chi connectivity index (χ1n) is 7.71. The summed E-state index contributed by atoms with van der Waals surface area (Å²) < 4.78 is 28.2. The molecule has 0 amide bonds. The van der Waals surface area contributed by atoms with E-state index in [2.05, 4.69) is 22.9 Å². The predicted molar refractivity (Wildman–Crippen MR) is 89.9 cm³/mol. The molecule has 118 valence electrons. The summed E-state index contributed by atoms with van der Waals surface area (Å²) in [6.45, 7) is 5.42. The van der Waals surface area contributed by atoms with Crippen molar-refractivity contribution >= 4 is 26.0 Å². The van der Waals surface area contributed by atoms with Crippen LogP contribution in [0.15, 0.2) is 27.6 Å². The van der Waals surface area contributed by atoms with Gasteiger partial charge in [-0.1, -0.05) is 35.7 Å². The van der Waals surface area contributed by atoms with Crippen LogP contribution in [-0.4, -0.2) is 25.8 Å². The monoisotopic (exact) mass is 373 g/mol. The number of benzene rings is 1. The average Bonchev–Trinajstić information content (AvgIpc) is 2.68. The number of hydrogen-bond donors (Lipinski definition) is 0. The lowest BCUT2D eigenvalue weighted by molar-refractivity contribution is 0.400. The fourth-order valence-corrected chi connectivity index (χ4v) is 4.83. The highest BCUT2D eigenvalue weighted by atomic mass is 79.9. The summed E-state index contributed by atoms with van der Waals surface area (Å²) in [6.07, 6.45) is 5.51. The predicted octanol–water partition coefficient (Wildman–Crippen LogP) is 4.35. The molecule has 1 aliphatic heterocycles. The standard InChI is InChI=1S/C16H24BrNO2S/c1-3-5-14-6-4-10-18(11-9-14)21(19,20)15-7-8-16(17)13(2)12-15/h7-8,12,14H,3-6,9-11H2,1-2H3. The molecule has 1 unspecified atom stereocenters. The first kappa shape index (κ1) is 17.0. The Morgan fingerprint density at radius 3 is 2.71 bits per heavy atom. The first-order chi connectivity index (χ1) is 9.95. The Morgan fingerprint density at radius 1 is 1.29 bits per heavy atom. The van der Waals surface area contributed by atoms with E-state index in [9.17, 15) is 8.42 Å². The summed E-state index contributed by atoms with van der Waals surface area (Å²) >= 11 is 3.42. The van der Waals surface area contributed by atoms with Crippen molar-refractivity contribution in [2.24, 2.45) is 5.92 Å². The van der Waals surface area contributed by atoms with Gasteiger partial charge in [-0.15, -0.1) is 0 Å². The molecular formula is C16H24BrNO2S. The van der Waals surface area contributed by atoms with E-state index in [1.165, 1.54) is 12.8 Å². The third-order valence-corrected chi connectivity index (χ3v) is 7.06. The Labute approximate surface area is 136 Å². The van der Waals surface area contributed by atoms with Crippen molar-refractivity contribution in [2.45, 2.75) is 50.8 Å². The number of halogens is 1. The van der Waals surface area contributed by atoms with Crippen molar-refractivity contribution in [1.29, 1.82) is 0 Å². The molecule has 0 saturated carbocycles. The number of hydrogen-bond acceptors (Lipinski definition) is 2. The molecule has 1 aliphatic rings. The van der Waals surface area contributed by atoms with Crippen molar-refractivity contribution < 1.29 is 8.42 Å². The van der Waals surface area contributed by atoms with Crippen molar-refractivity contribution in [3.63, 3.8) is 0 Å². The zero-order valence-electron chi connectivity index (χ0n) is 12.8. The molecule has 1 atom stereocenters. The van der Waals surface area contributed by atoms with Crippen LogP contribution in [0.4, 0.5) is 0 Å². The van der Waals surface area contributed by atoms with E-state index in [0.29, 0.717) is 23.9 Å². The summed E-state index contributed by atoms with van der Waals surface area (Å²) in [5, 5.41) is 0. The second-order valence-electron chi connectivity index (χ2n) is 5.90. The van der Waals surface area contributed by atoms with E-state index in [0.717, 1.165) is 29.3 Å². The Balaban J connectivity index is 2.17. The Kier molecular flexibility index (Phi) is 5.86. The van der Waals surface area contributed by atoms with Crippen molar-refractivity contribution in [2.75, 3.05) is 13.1 Å². The Bertz CT molecular complexity index is 586. The van der Waals surface area contributed by atoms with Gasteiger partial charge < -0.3 is 0 Å². The SMILES string of the molecule is CCCC1CCCN(S(=O)(=O)c2ccc(Br)c(C)c2)CC1. The highest BCUT2D eigenvalue weighted by Gasteiger charge is 2.27. The molecule has 3 nitrogen and oxygen atoms in total. The van der Waals surface area contributed by atoms with E-state index in [4.69, 9.17) is 0 Å². The lowest BCUT2D eigenvalue weighted by Gasteiger charge is -2.20. The molecule has 0 N–H and O–H groups in total. The van der Waals surface area contributed by atoms with Crippen LogP contribution >= 0.6 is 15.9 Å². The van der Waals surface area contributed by atoms with Crippen LogP contribution in [0.1, 0.15) is 44.6 Å². The van der Waals surface area contributed by atoms with Crippen LogP contribution in [0.2, 0.25) is 0 Å². The highest BCUT2D eigenvalue weighted by molar-refractivity contribution is 9.10. The maximum absolute atomic E-state index is 12.8. The lowest BCUT2D eigenvalue weighted by Crippen LogP contribution is -2.32. The minimum absolute atomic E-state index is 0.414. The van der Waals surface area contributed by atoms with E-state index in [1.54, 1.807) is 16.4 Å². The number of rotatable bonds is 4. The third kappa shape index (κ3) is 4.08. The molecule has 1 saturated heterocycles. The van der Waals surface area contributed by atoms with Gasteiger partial charge in [-0.25, -0.2) is 8.42 Å². The molecular weight excluding hydrogens is 350 g/mol. The number of aryl methyl sites for hydroxylation is 1. The number of nitrogens with zero attached hydrogens (tertiary/aromatic N) is 1. The van der Waals surface area contributed by atoms with Gasteiger partial charge in [-0.2, -0.15) is 4.31 Å². The van der Waals surface area contributed by atoms with Crippen LogP contribution in [0.25, 0.3) is 0 Å². The van der Waals surface area contributed by atoms with Gasteiger partial charge in [-0.3, -0.25) is 0 Å². The van der Waals surface area contributed by atoms with Gasteiger partial charge in [0, 0.05) is 17.6 Å². The van der Waals surface area contributed by atoms with Crippen LogP contribution in [0.3, 0.4) is 0 Å². The number of sulfonamides is 1. The molecule has 1 aromatic rings. The van der Waals surface area contributed by atoms with Gasteiger partial charge in [-0.05, 0) is 55.9 Å². The molecule has 5 heteroatoms. The molecule has 0 bridgehead atoms. The van der Waals surface area contributed by atoms with Crippen molar-refractivity contribution in [3.8, 4) is 0 Å². The van der Waals surface area contributed by atoms with Gasteiger partial charge in [0.15, 0.2) is 0 Å². The van der Waals surface area contributed by atoms with Crippen LogP contribution in [0.5, 0.6) is 0 Å². The van der Waals surface area contributed by atoms with E-state index in [1.807, 2.05) is 13.0 Å². The maximum atomic E-state index is 12.8. The molecule has 0 aromatic heterocycles. The zero-order chi connectivity index (χ0) is 15.5. The van der Waals surface area contributed by atoms with Gasteiger partial charge >= 0.3 is 0 Å². The molecule has 2 rings (SSSR count). The summed E-state index contributed by atoms with van der Waals surface area (Å²) in [7, 11) is -3.35. The molecule has 21 heavy (non-hydrogen) atoms. The third-order valence-electron chi connectivity index (χ3n) is 4.27. The molecule has 1 fully saturated rings. The van der Waals surface area contributed by atoms with Gasteiger partial charge in [0.05, 0.1) is 4.90 Å². The van der Waals surface area contributed by atoms with E-state index >= 15 is 0 Å². The topological polar surface area (TPSA) is 37.4 Å². The largest absolute Gasteiger partial charge is 0.243 e. The summed E-state index contributed by atoms with van der Waals surface area (Å²) in [6, 6.07) is 5.27. The van der Waals surface area contributed by atoms with Crippen molar-refractivity contribution in [3.05, 3.63) is 28.2 Å². The Morgan fingerprint density at radius 2 is 2.05 bits per heavy atom. The van der Waals surface area contributed by atoms with Crippen LogP contribution in [-0.2, 0) is 10.0 Å². The smallest absolute Gasteiger partial charge is 0.207 e. The van der Waals surface area contributed by atoms with Gasteiger partial charge in [0.2, 0.25) is 10.0 Å². The Hall–Kier alpha value is -0.390. The highest BCUT2D eigenvalue weighted by Crippen LogP contribution is 2.27. The molecule has 0 radical (unpaired) electrons. The van der Waals surface area contributed by atoms with E-state index < -0.39 is 10.0 Å². The minimum Gasteiger partial charge on any atom is -0.207 e. The fraction of sp³-hybridized carbons (Fsp3) is 0.625. The minimum atomic E-state index is -3.35. The lowest BCUT2D eigenvalue weighted by atomic mass is 9.96. The second-order valence-corrected chi connectivity index (χ2v) is 8.69. The van der Waals surface area contributed by atoms with Crippen LogP contribution < -0.4 is 0 Å².